The van der Waals surface area contributed by atoms with E-state index in [1.807, 2.05) is 13.0 Å². The number of nitrogens with one attached hydrogen (secondary N) is 1. The number of fused-ring (bicyclic) bond motifs is 1. The van der Waals surface area contributed by atoms with Gasteiger partial charge in [0.1, 0.15) is 5.82 Å². The van der Waals surface area contributed by atoms with Gasteiger partial charge in [0.15, 0.2) is 0 Å². The predicted molar refractivity (Wildman–Crippen MR) is 83.9 cm³/mol. The van der Waals surface area contributed by atoms with E-state index < -0.39 is 0 Å². The van der Waals surface area contributed by atoms with Crippen LogP contribution in [0.15, 0.2) is 18.2 Å². The van der Waals surface area contributed by atoms with Crippen LogP contribution in [0.2, 0.25) is 0 Å². The maximum Gasteiger partial charge on any atom is 0.134 e. The number of rotatable bonds is 3. The molecule has 0 spiro atoms. The third-order valence-corrected chi connectivity index (χ3v) is 3.45. The number of hydrogen-bond donors (Lipinski definition) is 1. The van der Waals surface area contributed by atoms with Crippen molar-refractivity contribution >= 4 is 16.6 Å². The van der Waals surface area contributed by atoms with Crippen molar-refractivity contribution in [2.45, 2.75) is 46.5 Å². The van der Waals surface area contributed by atoms with Crippen LogP contribution >= 0.6 is 0 Å². The Morgan fingerprint density at radius 1 is 1.25 bits per heavy atom. The Labute approximate surface area is 120 Å². The molecule has 2 nitrogen and oxygen atoms in total. The van der Waals surface area contributed by atoms with E-state index in [4.69, 9.17) is 4.98 Å². The number of pyridine rings is 1. The van der Waals surface area contributed by atoms with E-state index in [9.17, 15) is 4.39 Å². The summed E-state index contributed by atoms with van der Waals surface area (Å²) in [4.78, 5) is 4.70. The van der Waals surface area contributed by atoms with Crippen molar-refractivity contribution in [3.63, 3.8) is 0 Å². The van der Waals surface area contributed by atoms with Gasteiger partial charge in [-0.2, -0.15) is 0 Å². The van der Waals surface area contributed by atoms with Crippen LogP contribution in [0, 0.1) is 12.7 Å². The molecule has 2 aromatic rings. The zero-order valence-corrected chi connectivity index (χ0v) is 13.0. The lowest BCUT2D eigenvalue weighted by atomic mass is 9.90. The van der Waals surface area contributed by atoms with Crippen LogP contribution in [0.5, 0.6) is 0 Å². The Hall–Kier alpha value is -1.64. The topological polar surface area (TPSA) is 24.9 Å². The summed E-state index contributed by atoms with van der Waals surface area (Å²) in [6.07, 6.45) is 1.00. The van der Waals surface area contributed by atoms with Gasteiger partial charge in [0.05, 0.1) is 10.9 Å². The maximum atomic E-state index is 14.2. The molecule has 108 valence electrons. The lowest BCUT2D eigenvalue weighted by Gasteiger charge is -2.21. The Morgan fingerprint density at radius 3 is 2.55 bits per heavy atom. The smallest absolute Gasteiger partial charge is 0.134 e. The SMILES string of the molecule is CCCNc1cc(C(C)(C)C)nc2c(C)ccc(F)c12. The highest BCUT2D eigenvalue weighted by Crippen LogP contribution is 2.32. The third-order valence-electron chi connectivity index (χ3n) is 3.45. The summed E-state index contributed by atoms with van der Waals surface area (Å²) < 4.78 is 14.2. The second-order valence-corrected chi connectivity index (χ2v) is 6.32. The van der Waals surface area contributed by atoms with E-state index in [0.29, 0.717) is 5.39 Å². The summed E-state index contributed by atoms with van der Waals surface area (Å²) in [5.41, 5.74) is 3.54. The molecule has 0 radical (unpaired) electrons. The molecule has 1 heterocycles. The van der Waals surface area contributed by atoms with Gasteiger partial charge >= 0.3 is 0 Å². The molecular weight excluding hydrogens is 251 g/mol. The minimum absolute atomic E-state index is 0.0599. The quantitative estimate of drug-likeness (QED) is 0.869. The fourth-order valence-corrected chi connectivity index (χ4v) is 2.22. The number of anilines is 1. The van der Waals surface area contributed by atoms with Crippen molar-refractivity contribution in [3.8, 4) is 0 Å². The summed E-state index contributed by atoms with van der Waals surface area (Å²) in [6.45, 7) is 11.3. The second-order valence-electron chi connectivity index (χ2n) is 6.32. The van der Waals surface area contributed by atoms with Gasteiger partial charge in [-0.1, -0.05) is 33.8 Å². The number of hydrogen-bond acceptors (Lipinski definition) is 2. The molecule has 0 aliphatic heterocycles. The standard InChI is InChI=1S/C17H23FN2/c1-6-9-19-13-10-14(17(3,4)5)20-16-11(2)7-8-12(18)15(13)16/h7-8,10H,6,9H2,1-5H3,(H,19,20). The highest BCUT2D eigenvalue weighted by atomic mass is 19.1. The number of halogens is 1. The van der Waals surface area contributed by atoms with Crippen molar-refractivity contribution in [1.29, 1.82) is 0 Å². The normalized spacial score (nSPS) is 11.9. The summed E-state index contributed by atoms with van der Waals surface area (Å²) >= 11 is 0. The fourth-order valence-electron chi connectivity index (χ4n) is 2.22. The van der Waals surface area contributed by atoms with Crippen molar-refractivity contribution in [3.05, 3.63) is 35.3 Å². The molecule has 0 fully saturated rings. The van der Waals surface area contributed by atoms with Crippen LogP contribution < -0.4 is 5.32 Å². The van der Waals surface area contributed by atoms with Gasteiger partial charge in [-0.25, -0.2) is 4.39 Å². The number of aromatic nitrogens is 1. The maximum absolute atomic E-state index is 14.2. The average molecular weight is 274 g/mol. The first-order chi connectivity index (χ1) is 9.34. The van der Waals surface area contributed by atoms with Gasteiger partial charge in [-0.05, 0) is 31.0 Å². The monoisotopic (exact) mass is 274 g/mol. The molecule has 1 aromatic heterocycles. The Balaban J connectivity index is 2.74. The predicted octanol–water partition coefficient (Wildman–Crippen LogP) is 4.80. The molecule has 0 saturated carbocycles. The van der Waals surface area contributed by atoms with Gasteiger partial charge in [-0.15, -0.1) is 0 Å². The van der Waals surface area contributed by atoms with Crippen LogP contribution in [-0.4, -0.2) is 11.5 Å². The van der Waals surface area contributed by atoms with E-state index >= 15 is 0 Å². The first-order valence-corrected chi connectivity index (χ1v) is 7.18. The van der Waals surface area contributed by atoms with Crippen molar-refractivity contribution in [2.24, 2.45) is 0 Å². The van der Waals surface area contributed by atoms with Crippen molar-refractivity contribution in [1.82, 2.24) is 4.98 Å². The van der Waals surface area contributed by atoms with Crippen LogP contribution in [0.4, 0.5) is 10.1 Å². The van der Waals surface area contributed by atoms with Crippen molar-refractivity contribution in [2.75, 3.05) is 11.9 Å². The zero-order chi connectivity index (χ0) is 14.9. The molecular formula is C17H23FN2. The summed E-state index contributed by atoms with van der Waals surface area (Å²) in [5, 5.41) is 3.94. The Bertz CT molecular complexity index is 627. The zero-order valence-electron chi connectivity index (χ0n) is 13.0. The minimum atomic E-state index is -0.211. The van der Waals surface area contributed by atoms with Gasteiger partial charge in [0.2, 0.25) is 0 Å². The van der Waals surface area contributed by atoms with Gasteiger partial charge in [0, 0.05) is 23.3 Å². The van der Waals surface area contributed by atoms with E-state index in [1.54, 1.807) is 6.07 Å². The highest BCUT2D eigenvalue weighted by Gasteiger charge is 2.20. The Kier molecular flexibility index (Phi) is 3.98. The van der Waals surface area contributed by atoms with Crippen LogP contribution in [0.25, 0.3) is 10.9 Å². The largest absolute Gasteiger partial charge is 0.384 e. The molecule has 3 heteroatoms. The molecule has 20 heavy (non-hydrogen) atoms. The summed E-state index contributed by atoms with van der Waals surface area (Å²) in [7, 11) is 0. The second kappa shape index (κ2) is 5.39. The van der Waals surface area contributed by atoms with E-state index in [2.05, 4.69) is 33.0 Å². The van der Waals surface area contributed by atoms with Gasteiger partial charge < -0.3 is 5.32 Å². The minimum Gasteiger partial charge on any atom is -0.384 e. The van der Waals surface area contributed by atoms with Crippen LogP contribution in [0.1, 0.15) is 45.4 Å². The molecule has 0 unspecified atom stereocenters. The van der Waals surface area contributed by atoms with Crippen LogP contribution in [-0.2, 0) is 5.41 Å². The fraction of sp³-hybridized carbons (Fsp3) is 0.471. The lowest BCUT2D eigenvalue weighted by Crippen LogP contribution is -2.15. The molecule has 0 bridgehead atoms. The molecule has 0 amide bonds. The van der Waals surface area contributed by atoms with Gasteiger partial charge in [0.25, 0.3) is 0 Å². The molecule has 1 N–H and O–H groups in total. The molecule has 0 atom stereocenters. The summed E-state index contributed by atoms with van der Waals surface area (Å²) in [5.74, 6) is -0.211. The number of aryl methyl sites for hydroxylation is 1. The lowest BCUT2D eigenvalue weighted by molar-refractivity contribution is 0.571. The molecule has 0 aliphatic carbocycles. The van der Waals surface area contributed by atoms with E-state index in [1.165, 1.54) is 6.07 Å². The number of nitrogens with zero attached hydrogens (tertiary/aromatic N) is 1. The molecule has 0 aliphatic rings. The average Bonchev–Trinajstić information content (AvgIpc) is 2.39. The first kappa shape index (κ1) is 14.8. The molecule has 0 saturated heterocycles. The first-order valence-electron chi connectivity index (χ1n) is 7.18. The highest BCUT2D eigenvalue weighted by molar-refractivity contribution is 5.94. The third kappa shape index (κ3) is 2.77. The van der Waals surface area contributed by atoms with Crippen molar-refractivity contribution < 1.29 is 4.39 Å². The summed E-state index contributed by atoms with van der Waals surface area (Å²) in [6, 6.07) is 5.30. The molecule has 2 rings (SSSR count). The number of benzene rings is 1. The molecule has 1 aromatic carbocycles. The van der Waals surface area contributed by atoms with E-state index in [-0.39, 0.29) is 11.2 Å². The Morgan fingerprint density at radius 2 is 1.95 bits per heavy atom. The van der Waals surface area contributed by atoms with Gasteiger partial charge in [-0.3, -0.25) is 4.98 Å². The van der Waals surface area contributed by atoms with Crippen LogP contribution in [0.3, 0.4) is 0 Å². The van der Waals surface area contributed by atoms with E-state index in [0.717, 1.165) is 35.4 Å².